The van der Waals surface area contributed by atoms with Gasteiger partial charge in [0.15, 0.2) is 0 Å². The van der Waals surface area contributed by atoms with E-state index in [9.17, 15) is 19.5 Å². The molecular weight excluding hydrogens is 348 g/mol. The number of hydrogen-bond donors (Lipinski definition) is 3. The van der Waals surface area contributed by atoms with Gasteiger partial charge in [0.2, 0.25) is 5.91 Å². The Morgan fingerprint density at radius 2 is 1.63 bits per heavy atom. The summed E-state index contributed by atoms with van der Waals surface area (Å²) in [7, 11) is 0. The number of anilines is 1. The van der Waals surface area contributed by atoms with Crippen LogP contribution in [0.1, 0.15) is 10.4 Å². The van der Waals surface area contributed by atoms with Crippen LogP contribution < -0.4 is 5.32 Å². The molecule has 27 heavy (non-hydrogen) atoms. The third-order valence-corrected chi connectivity index (χ3v) is 3.77. The van der Waals surface area contributed by atoms with Crippen LogP contribution in [-0.2, 0) is 9.59 Å². The predicted octanol–water partition coefficient (Wildman–Crippen LogP) is 3.18. The van der Waals surface area contributed by atoms with Crippen molar-refractivity contribution in [2.24, 2.45) is 0 Å². The summed E-state index contributed by atoms with van der Waals surface area (Å²) in [4.78, 5) is 38.1. The number of nitrogens with one attached hydrogen (secondary N) is 1. The van der Waals surface area contributed by atoms with Gasteiger partial charge in [0.1, 0.15) is 0 Å². The fourth-order valence-electron chi connectivity index (χ4n) is 2.56. The summed E-state index contributed by atoms with van der Waals surface area (Å²) in [5, 5.41) is 21.1. The van der Waals surface area contributed by atoms with E-state index in [2.05, 4.69) is 10.3 Å². The van der Waals surface area contributed by atoms with Crippen LogP contribution in [0.15, 0.2) is 66.7 Å². The summed E-state index contributed by atoms with van der Waals surface area (Å²) in [5.74, 6) is -2.82. The van der Waals surface area contributed by atoms with E-state index >= 15 is 0 Å². The maximum absolute atomic E-state index is 11.6. The Balaban J connectivity index is 1.90. The standard InChI is InChI=1S/C20H14N2O5/c23-18(9-10-19(24)25)21-13-7-5-12(6-8-13)17-11-15(20(26)27)14-3-1-2-4-16(14)22-17/h1-11H,(H,21,23)(H,24,25)(H,26,27)/b10-9+. The molecule has 0 fully saturated rings. The van der Waals surface area contributed by atoms with E-state index in [0.29, 0.717) is 27.8 Å². The first-order valence-corrected chi connectivity index (χ1v) is 7.89. The Morgan fingerprint density at radius 1 is 0.926 bits per heavy atom. The van der Waals surface area contributed by atoms with Crippen molar-refractivity contribution in [3.8, 4) is 11.3 Å². The largest absolute Gasteiger partial charge is 0.478 e. The average Bonchev–Trinajstić information content (AvgIpc) is 2.66. The van der Waals surface area contributed by atoms with E-state index in [1.54, 1.807) is 48.5 Å². The zero-order chi connectivity index (χ0) is 19.4. The molecule has 0 saturated carbocycles. The zero-order valence-corrected chi connectivity index (χ0v) is 13.9. The minimum absolute atomic E-state index is 0.159. The number of carboxylic acid groups (broad SMARTS) is 2. The second-order valence-electron chi connectivity index (χ2n) is 5.62. The second kappa shape index (κ2) is 7.49. The number of aromatic nitrogens is 1. The van der Waals surface area contributed by atoms with Crippen LogP contribution in [-0.4, -0.2) is 33.0 Å². The number of pyridine rings is 1. The lowest BCUT2D eigenvalue weighted by molar-refractivity contribution is -0.131. The van der Waals surface area contributed by atoms with Crippen molar-refractivity contribution in [1.82, 2.24) is 4.98 Å². The molecule has 7 nitrogen and oxygen atoms in total. The molecule has 0 atom stereocenters. The third kappa shape index (κ3) is 4.16. The van der Waals surface area contributed by atoms with Gasteiger partial charge in [0, 0.05) is 28.8 Å². The van der Waals surface area contributed by atoms with Gasteiger partial charge in [-0.25, -0.2) is 14.6 Å². The lowest BCUT2D eigenvalue weighted by Crippen LogP contribution is -2.08. The maximum Gasteiger partial charge on any atom is 0.336 e. The fourth-order valence-corrected chi connectivity index (χ4v) is 2.56. The predicted molar refractivity (Wildman–Crippen MR) is 99.5 cm³/mol. The molecule has 0 saturated heterocycles. The van der Waals surface area contributed by atoms with Crippen LogP contribution in [0.3, 0.4) is 0 Å². The molecule has 1 heterocycles. The molecule has 3 N–H and O–H groups in total. The molecule has 0 spiro atoms. The number of fused-ring (bicyclic) bond motifs is 1. The van der Waals surface area contributed by atoms with Crippen molar-refractivity contribution in [2.75, 3.05) is 5.32 Å². The Kier molecular flexibility index (Phi) is 4.94. The van der Waals surface area contributed by atoms with E-state index in [4.69, 9.17) is 5.11 Å². The molecule has 2 aromatic carbocycles. The van der Waals surface area contributed by atoms with E-state index in [-0.39, 0.29) is 5.56 Å². The van der Waals surface area contributed by atoms with E-state index < -0.39 is 17.8 Å². The minimum Gasteiger partial charge on any atom is -0.478 e. The number of aliphatic carboxylic acids is 1. The average molecular weight is 362 g/mol. The number of nitrogens with zero attached hydrogens (tertiary/aromatic N) is 1. The first kappa shape index (κ1) is 17.8. The number of carboxylic acids is 2. The summed E-state index contributed by atoms with van der Waals surface area (Å²) in [6.45, 7) is 0. The molecule has 1 amide bonds. The van der Waals surface area contributed by atoms with E-state index in [0.717, 1.165) is 12.2 Å². The molecular formula is C20H14N2O5. The van der Waals surface area contributed by atoms with Crippen molar-refractivity contribution >= 4 is 34.4 Å². The molecule has 0 radical (unpaired) electrons. The molecule has 0 aliphatic heterocycles. The summed E-state index contributed by atoms with van der Waals surface area (Å²) in [6, 6.07) is 15.1. The number of para-hydroxylation sites is 1. The van der Waals surface area contributed by atoms with Crippen LogP contribution >= 0.6 is 0 Å². The lowest BCUT2D eigenvalue weighted by Gasteiger charge is -2.08. The Bertz CT molecular complexity index is 1070. The van der Waals surface area contributed by atoms with Gasteiger partial charge in [-0.1, -0.05) is 30.3 Å². The Morgan fingerprint density at radius 3 is 2.30 bits per heavy atom. The quantitative estimate of drug-likeness (QED) is 0.600. The van der Waals surface area contributed by atoms with Gasteiger partial charge in [0.25, 0.3) is 0 Å². The molecule has 134 valence electrons. The normalized spacial score (nSPS) is 10.8. The highest BCUT2D eigenvalue weighted by atomic mass is 16.4. The van der Waals surface area contributed by atoms with Crippen molar-refractivity contribution in [3.63, 3.8) is 0 Å². The number of rotatable bonds is 5. The van der Waals surface area contributed by atoms with Crippen LogP contribution in [0.5, 0.6) is 0 Å². The highest BCUT2D eigenvalue weighted by molar-refractivity contribution is 6.04. The smallest absolute Gasteiger partial charge is 0.336 e. The maximum atomic E-state index is 11.6. The fraction of sp³-hybridized carbons (Fsp3) is 0. The highest BCUT2D eigenvalue weighted by Gasteiger charge is 2.12. The monoisotopic (exact) mass is 362 g/mol. The van der Waals surface area contributed by atoms with Crippen molar-refractivity contribution in [3.05, 3.63) is 72.3 Å². The lowest BCUT2D eigenvalue weighted by atomic mass is 10.0. The van der Waals surface area contributed by atoms with Gasteiger partial charge in [-0.05, 0) is 24.3 Å². The van der Waals surface area contributed by atoms with Gasteiger partial charge in [-0.3, -0.25) is 4.79 Å². The number of benzene rings is 2. The van der Waals surface area contributed by atoms with Crippen LogP contribution in [0.2, 0.25) is 0 Å². The van der Waals surface area contributed by atoms with Crippen LogP contribution in [0.4, 0.5) is 5.69 Å². The number of carbonyl (C=O) groups excluding carboxylic acids is 1. The second-order valence-corrected chi connectivity index (χ2v) is 5.62. The Labute approximate surface area is 153 Å². The molecule has 0 unspecified atom stereocenters. The topological polar surface area (TPSA) is 117 Å². The van der Waals surface area contributed by atoms with Crippen LogP contribution in [0, 0.1) is 0 Å². The first-order chi connectivity index (χ1) is 12.9. The molecule has 3 rings (SSSR count). The molecule has 0 aliphatic rings. The zero-order valence-electron chi connectivity index (χ0n) is 13.9. The van der Waals surface area contributed by atoms with Gasteiger partial charge < -0.3 is 15.5 Å². The molecule has 1 aromatic heterocycles. The molecule has 0 aliphatic carbocycles. The number of amides is 1. The number of carbonyl (C=O) groups is 3. The van der Waals surface area contributed by atoms with Gasteiger partial charge in [0.05, 0.1) is 16.8 Å². The first-order valence-electron chi connectivity index (χ1n) is 7.89. The molecule has 3 aromatic rings. The minimum atomic E-state index is -1.21. The van der Waals surface area contributed by atoms with Crippen LogP contribution in [0.25, 0.3) is 22.2 Å². The molecule has 7 heteroatoms. The summed E-state index contributed by atoms with van der Waals surface area (Å²) in [5.41, 5.74) is 2.38. The number of hydrogen-bond acceptors (Lipinski definition) is 4. The SMILES string of the molecule is O=C(O)/C=C/C(=O)Nc1ccc(-c2cc(C(=O)O)c3ccccc3n2)cc1. The highest BCUT2D eigenvalue weighted by Crippen LogP contribution is 2.26. The molecule has 0 bridgehead atoms. The summed E-state index contributed by atoms with van der Waals surface area (Å²) in [6.07, 6.45) is 1.66. The van der Waals surface area contributed by atoms with Crippen molar-refractivity contribution in [1.29, 1.82) is 0 Å². The summed E-state index contributed by atoms with van der Waals surface area (Å²) < 4.78 is 0. The van der Waals surface area contributed by atoms with E-state index in [1.165, 1.54) is 6.07 Å². The van der Waals surface area contributed by atoms with Gasteiger partial charge >= 0.3 is 11.9 Å². The Hall–Kier alpha value is -4.00. The summed E-state index contributed by atoms with van der Waals surface area (Å²) >= 11 is 0. The van der Waals surface area contributed by atoms with Crippen molar-refractivity contribution < 1.29 is 24.6 Å². The van der Waals surface area contributed by atoms with E-state index in [1.807, 2.05) is 0 Å². The van der Waals surface area contributed by atoms with Gasteiger partial charge in [-0.15, -0.1) is 0 Å². The van der Waals surface area contributed by atoms with Crippen molar-refractivity contribution in [2.45, 2.75) is 0 Å². The third-order valence-electron chi connectivity index (χ3n) is 3.77. The van der Waals surface area contributed by atoms with Gasteiger partial charge in [-0.2, -0.15) is 0 Å². The number of aromatic carboxylic acids is 1.